The highest BCUT2D eigenvalue weighted by molar-refractivity contribution is 7.99. The molecule has 0 fully saturated rings. The van der Waals surface area contributed by atoms with Crippen LogP contribution in [0.3, 0.4) is 0 Å². The number of non-ortho nitro benzene ring substituents is 1. The van der Waals surface area contributed by atoms with Gasteiger partial charge in [-0.2, -0.15) is 0 Å². The summed E-state index contributed by atoms with van der Waals surface area (Å²) in [6.45, 7) is 1.74. The first kappa shape index (κ1) is 14.0. The van der Waals surface area contributed by atoms with Crippen LogP contribution in [-0.4, -0.2) is 21.0 Å². The van der Waals surface area contributed by atoms with Crippen molar-refractivity contribution in [3.8, 4) is 0 Å². The summed E-state index contributed by atoms with van der Waals surface area (Å²) in [5, 5.41) is 20.2. The Bertz CT molecular complexity index is 688. The molecule has 2 rings (SSSR count). The molecule has 0 bridgehead atoms. The highest BCUT2D eigenvalue weighted by Gasteiger charge is 2.14. The maximum absolute atomic E-state index is 11.1. The van der Waals surface area contributed by atoms with Gasteiger partial charge in [-0.1, -0.05) is 11.8 Å². The van der Waals surface area contributed by atoms with Gasteiger partial charge in [-0.05, 0) is 30.7 Å². The number of aromatic nitrogens is 1. The fraction of sp³-hybridized carbons (Fsp3) is 0.0769. The van der Waals surface area contributed by atoms with Crippen molar-refractivity contribution in [3.05, 3.63) is 57.8 Å². The van der Waals surface area contributed by atoms with E-state index >= 15 is 0 Å². The lowest BCUT2D eigenvalue weighted by Crippen LogP contribution is -2.00. The molecule has 1 N–H and O–H groups in total. The van der Waals surface area contributed by atoms with Gasteiger partial charge in [0.1, 0.15) is 5.03 Å². The topological polar surface area (TPSA) is 93.3 Å². The number of aryl methyl sites for hydroxylation is 1. The lowest BCUT2D eigenvalue weighted by molar-refractivity contribution is -0.385. The second kappa shape index (κ2) is 5.70. The van der Waals surface area contributed by atoms with Crippen molar-refractivity contribution in [3.63, 3.8) is 0 Å². The van der Waals surface area contributed by atoms with E-state index in [2.05, 4.69) is 4.98 Å². The predicted octanol–water partition coefficient (Wildman–Crippen LogP) is 3.15. The SMILES string of the molecule is Cc1cc(Sc2ncccc2C(=O)O)cc([N+](=O)[O-])c1. The summed E-state index contributed by atoms with van der Waals surface area (Å²) in [5.74, 6) is -1.08. The van der Waals surface area contributed by atoms with Crippen LogP contribution in [0.1, 0.15) is 15.9 Å². The summed E-state index contributed by atoms with van der Waals surface area (Å²) >= 11 is 1.09. The summed E-state index contributed by atoms with van der Waals surface area (Å²) in [4.78, 5) is 26.0. The number of carboxylic acids is 1. The van der Waals surface area contributed by atoms with Crippen molar-refractivity contribution in [2.75, 3.05) is 0 Å². The summed E-state index contributed by atoms with van der Waals surface area (Å²) in [6, 6.07) is 7.59. The summed E-state index contributed by atoms with van der Waals surface area (Å²) in [6.07, 6.45) is 1.49. The van der Waals surface area contributed by atoms with E-state index in [0.717, 1.165) is 17.3 Å². The fourth-order valence-corrected chi connectivity index (χ4v) is 2.67. The molecule has 0 unspecified atom stereocenters. The van der Waals surface area contributed by atoms with Crippen LogP contribution >= 0.6 is 11.8 Å². The first-order valence-electron chi connectivity index (χ1n) is 5.59. The van der Waals surface area contributed by atoms with Crippen LogP contribution < -0.4 is 0 Å². The van der Waals surface area contributed by atoms with Gasteiger partial charge in [-0.3, -0.25) is 10.1 Å². The van der Waals surface area contributed by atoms with Gasteiger partial charge in [0.15, 0.2) is 0 Å². The number of carboxylic acid groups (broad SMARTS) is 1. The molecular formula is C13H10N2O4S. The number of benzene rings is 1. The van der Waals surface area contributed by atoms with Crippen LogP contribution in [0.25, 0.3) is 0 Å². The third-order valence-corrected chi connectivity index (χ3v) is 3.45. The molecule has 1 aromatic carbocycles. The third kappa shape index (κ3) is 3.12. The Labute approximate surface area is 118 Å². The maximum Gasteiger partial charge on any atom is 0.338 e. The average Bonchev–Trinajstić information content (AvgIpc) is 2.38. The van der Waals surface area contributed by atoms with Crippen LogP contribution in [-0.2, 0) is 0 Å². The van der Waals surface area contributed by atoms with Crippen LogP contribution in [0.15, 0.2) is 46.5 Å². The van der Waals surface area contributed by atoms with Gasteiger partial charge < -0.3 is 5.11 Å². The molecule has 20 heavy (non-hydrogen) atoms. The molecule has 0 aliphatic carbocycles. The van der Waals surface area contributed by atoms with Crippen molar-refractivity contribution in [1.29, 1.82) is 0 Å². The molecule has 0 spiro atoms. The first-order valence-corrected chi connectivity index (χ1v) is 6.41. The zero-order valence-corrected chi connectivity index (χ0v) is 11.3. The van der Waals surface area contributed by atoms with Crippen molar-refractivity contribution < 1.29 is 14.8 Å². The minimum Gasteiger partial charge on any atom is -0.478 e. The summed E-state index contributed by atoms with van der Waals surface area (Å²) < 4.78 is 0. The monoisotopic (exact) mass is 290 g/mol. The van der Waals surface area contributed by atoms with Crippen LogP contribution in [0.4, 0.5) is 5.69 Å². The van der Waals surface area contributed by atoms with E-state index in [1.165, 1.54) is 30.5 Å². The number of nitrogens with zero attached hydrogens (tertiary/aromatic N) is 2. The van der Waals surface area contributed by atoms with Crippen molar-refractivity contribution in [1.82, 2.24) is 4.98 Å². The summed E-state index contributed by atoms with van der Waals surface area (Å²) in [5.41, 5.74) is 0.775. The van der Waals surface area contributed by atoms with E-state index in [1.54, 1.807) is 13.0 Å². The number of nitro benzene ring substituents is 1. The van der Waals surface area contributed by atoms with Gasteiger partial charge in [0, 0.05) is 23.2 Å². The second-order valence-corrected chi connectivity index (χ2v) is 5.09. The molecule has 0 radical (unpaired) electrons. The van der Waals surface area contributed by atoms with Gasteiger partial charge in [-0.15, -0.1) is 0 Å². The number of carbonyl (C=O) groups is 1. The van der Waals surface area contributed by atoms with Gasteiger partial charge in [0.05, 0.1) is 10.5 Å². The molecule has 0 aliphatic rings. The molecule has 0 atom stereocenters. The quantitative estimate of drug-likeness (QED) is 0.686. The van der Waals surface area contributed by atoms with Gasteiger partial charge in [-0.25, -0.2) is 9.78 Å². The number of pyridine rings is 1. The molecule has 0 aliphatic heterocycles. The number of hydrogen-bond acceptors (Lipinski definition) is 5. The molecule has 1 heterocycles. The lowest BCUT2D eigenvalue weighted by Gasteiger charge is -2.05. The lowest BCUT2D eigenvalue weighted by atomic mass is 10.2. The Morgan fingerprint density at radius 2 is 2.15 bits per heavy atom. The molecule has 0 saturated heterocycles. The van der Waals surface area contributed by atoms with Gasteiger partial charge >= 0.3 is 5.97 Å². The molecule has 0 saturated carbocycles. The van der Waals surface area contributed by atoms with Gasteiger partial charge in [0.2, 0.25) is 0 Å². The number of rotatable bonds is 4. The summed E-state index contributed by atoms with van der Waals surface area (Å²) in [7, 11) is 0. The zero-order valence-electron chi connectivity index (χ0n) is 10.4. The molecule has 7 heteroatoms. The maximum atomic E-state index is 11.1. The van der Waals surface area contributed by atoms with E-state index < -0.39 is 10.9 Å². The highest BCUT2D eigenvalue weighted by atomic mass is 32.2. The van der Waals surface area contributed by atoms with E-state index in [1.807, 2.05) is 0 Å². The van der Waals surface area contributed by atoms with Crippen molar-refractivity contribution >= 4 is 23.4 Å². The van der Waals surface area contributed by atoms with Crippen molar-refractivity contribution in [2.24, 2.45) is 0 Å². The number of aromatic carboxylic acids is 1. The van der Waals surface area contributed by atoms with E-state index in [0.29, 0.717) is 9.92 Å². The Morgan fingerprint density at radius 1 is 1.40 bits per heavy atom. The molecule has 102 valence electrons. The minimum atomic E-state index is -1.08. The van der Waals surface area contributed by atoms with Gasteiger partial charge in [0.25, 0.3) is 5.69 Å². The third-order valence-electron chi connectivity index (χ3n) is 2.46. The fourth-order valence-electron chi connectivity index (χ4n) is 1.64. The standard InChI is InChI=1S/C13H10N2O4S/c1-8-5-9(15(18)19)7-10(6-8)20-12-11(13(16)17)3-2-4-14-12/h2-7H,1H3,(H,16,17). The Hall–Kier alpha value is -2.41. The Kier molecular flexibility index (Phi) is 3.99. The normalized spacial score (nSPS) is 10.2. The van der Waals surface area contributed by atoms with Crippen LogP contribution in [0.2, 0.25) is 0 Å². The Balaban J connectivity index is 2.40. The van der Waals surface area contributed by atoms with Crippen LogP contribution in [0, 0.1) is 17.0 Å². The van der Waals surface area contributed by atoms with Crippen molar-refractivity contribution in [2.45, 2.75) is 16.8 Å². The van der Waals surface area contributed by atoms with E-state index in [9.17, 15) is 14.9 Å². The Morgan fingerprint density at radius 3 is 2.80 bits per heavy atom. The molecule has 2 aromatic rings. The smallest absolute Gasteiger partial charge is 0.338 e. The minimum absolute atomic E-state index is 0.0275. The number of hydrogen-bond donors (Lipinski definition) is 1. The first-order chi connectivity index (χ1) is 9.47. The van der Waals surface area contributed by atoms with E-state index in [-0.39, 0.29) is 11.3 Å². The molecule has 0 amide bonds. The second-order valence-electron chi connectivity index (χ2n) is 4.02. The molecular weight excluding hydrogens is 280 g/mol. The van der Waals surface area contributed by atoms with E-state index in [4.69, 9.17) is 5.11 Å². The number of nitro groups is 1. The predicted molar refractivity (Wildman–Crippen MR) is 73.2 cm³/mol. The molecule has 6 nitrogen and oxygen atoms in total. The van der Waals surface area contributed by atoms with Crippen LogP contribution in [0.5, 0.6) is 0 Å². The largest absolute Gasteiger partial charge is 0.478 e. The highest BCUT2D eigenvalue weighted by Crippen LogP contribution is 2.31. The zero-order chi connectivity index (χ0) is 14.7. The average molecular weight is 290 g/mol. The molecule has 1 aromatic heterocycles.